The molecule has 0 aliphatic rings. The fourth-order valence-electron chi connectivity index (χ4n) is 1.13. The largest absolute Gasteiger partial charge is 0.292 e. The lowest BCUT2D eigenvalue weighted by atomic mass is 9.90. The van der Waals surface area contributed by atoms with Gasteiger partial charge in [-0.3, -0.25) is 9.98 Å². The number of aliphatic imine (C=N–C) groups is 2. The smallest absolute Gasteiger partial charge is 0.0582 e. The van der Waals surface area contributed by atoms with Crippen LogP contribution in [0, 0.1) is 5.41 Å². The van der Waals surface area contributed by atoms with E-state index in [1.54, 1.807) is 0 Å². The maximum absolute atomic E-state index is 4.31. The SMILES string of the molecule is C=N/C(=C\C(=NC)C(C)(C)I)C(C)(C)C. The summed E-state index contributed by atoms with van der Waals surface area (Å²) in [4.78, 5) is 8.39. The maximum Gasteiger partial charge on any atom is 0.0582 e. The number of halogens is 1. The minimum absolute atomic E-state index is 0.0135. The molecular formula is C12H21IN2. The molecule has 0 bridgehead atoms. The van der Waals surface area contributed by atoms with Crippen molar-refractivity contribution >= 4 is 35.0 Å². The quantitative estimate of drug-likeness (QED) is 0.428. The highest BCUT2D eigenvalue weighted by Crippen LogP contribution is 2.28. The lowest BCUT2D eigenvalue weighted by molar-refractivity contribution is 0.499. The molecule has 0 spiro atoms. The summed E-state index contributed by atoms with van der Waals surface area (Å²) in [5, 5.41) is 0. The third kappa shape index (κ3) is 4.91. The first-order valence-corrected chi connectivity index (χ1v) is 6.06. The highest BCUT2D eigenvalue weighted by Gasteiger charge is 2.22. The van der Waals surface area contributed by atoms with E-state index in [4.69, 9.17) is 0 Å². The van der Waals surface area contributed by atoms with Crippen LogP contribution in [0.15, 0.2) is 21.8 Å². The van der Waals surface area contributed by atoms with Gasteiger partial charge >= 0.3 is 0 Å². The fraction of sp³-hybridized carbons (Fsp3) is 0.667. The fourth-order valence-corrected chi connectivity index (χ4v) is 1.53. The van der Waals surface area contributed by atoms with Gasteiger partial charge in [0.25, 0.3) is 0 Å². The van der Waals surface area contributed by atoms with Crippen LogP contribution in [-0.4, -0.2) is 22.9 Å². The van der Waals surface area contributed by atoms with E-state index in [1.165, 1.54) is 0 Å². The summed E-state index contributed by atoms with van der Waals surface area (Å²) in [6.45, 7) is 14.3. The lowest BCUT2D eigenvalue weighted by Crippen LogP contribution is -2.23. The van der Waals surface area contributed by atoms with Crippen molar-refractivity contribution in [3.63, 3.8) is 0 Å². The van der Waals surface area contributed by atoms with E-state index in [2.05, 4.69) is 73.9 Å². The number of allylic oxidation sites excluding steroid dienone is 2. The van der Waals surface area contributed by atoms with Crippen molar-refractivity contribution < 1.29 is 0 Å². The second-order valence-corrected chi connectivity index (χ2v) is 7.72. The zero-order chi connectivity index (χ0) is 12.3. The molecule has 0 aliphatic carbocycles. The predicted octanol–water partition coefficient (Wildman–Crippen LogP) is 3.90. The Bertz CT molecular complexity index is 288. The number of nitrogens with zero attached hydrogens (tertiary/aromatic N) is 2. The molecule has 0 radical (unpaired) electrons. The average Bonchev–Trinajstić information content (AvgIpc) is 2.01. The van der Waals surface area contributed by atoms with E-state index in [-0.39, 0.29) is 8.84 Å². The molecule has 15 heavy (non-hydrogen) atoms. The van der Waals surface area contributed by atoms with Crippen molar-refractivity contribution in [3.8, 4) is 0 Å². The average molecular weight is 320 g/mol. The molecule has 3 heteroatoms. The van der Waals surface area contributed by atoms with Gasteiger partial charge in [-0.2, -0.15) is 0 Å². The molecule has 0 unspecified atom stereocenters. The van der Waals surface area contributed by atoms with Gasteiger partial charge in [0.05, 0.1) is 9.13 Å². The number of hydrogen-bond donors (Lipinski definition) is 0. The van der Waals surface area contributed by atoms with Crippen molar-refractivity contribution in [2.45, 2.75) is 38.0 Å². The van der Waals surface area contributed by atoms with Crippen molar-refractivity contribution in [3.05, 3.63) is 11.8 Å². The molecule has 0 atom stereocenters. The summed E-state index contributed by atoms with van der Waals surface area (Å²) in [7, 11) is 1.82. The standard InChI is InChI=1S/C12H21IN2/c1-11(2,3)9(14-6)8-10(15-7)12(4,5)13/h8H,6H2,1-5,7H3/b9-8-,15-10?. The summed E-state index contributed by atoms with van der Waals surface area (Å²) in [6.07, 6.45) is 2.04. The molecule has 0 rings (SSSR count). The molecule has 86 valence electrons. The van der Waals surface area contributed by atoms with Crippen LogP contribution in [0.3, 0.4) is 0 Å². The van der Waals surface area contributed by atoms with E-state index in [0.717, 1.165) is 11.4 Å². The van der Waals surface area contributed by atoms with Crippen LogP contribution in [0.1, 0.15) is 34.6 Å². The van der Waals surface area contributed by atoms with E-state index in [9.17, 15) is 0 Å². The molecule has 0 aliphatic heterocycles. The van der Waals surface area contributed by atoms with Gasteiger partial charge in [0, 0.05) is 18.2 Å². The summed E-state index contributed by atoms with van der Waals surface area (Å²) < 4.78 is 0.0215. The first-order valence-electron chi connectivity index (χ1n) is 4.98. The Morgan fingerprint density at radius 3 is 1.87 bits per heavy atom. The summed E-state index contributed by atoms with van der Waals surface area (Å²) in [6, 6.07) is 0. The molecule has 0 fully saturated rings. The minimum atomic E-state index is 0.0135. The van der Waals surface area contributed by atoms with E-state index in [1.807, 2.05) is 13.1 Å². The van der Waals surface area contributed by atoms with Gasteiger partial charge in [-0.15, -0.1) is 0 Å². The maximum atomic E-state index is 4.31. The van der Waals surface area contributed by atoms with E-state index < -0.39 is 0 Å². The van der Waals surface area contributed by atoms with Crippen LogP contribution >= 0.6 is 22.6 Å². The van der Waals surface area contributed by atoms with Gasteiger partial charge < -0.3 is 0 Å². The van der Waals surface area contributed by atoms with Crippen LogP contribution in [0.4, 0.5) is 0 Å². The molecule has 0 aromatic carbocycles. The van der Waals surface area contributed by atoms with Crippen molar-refractivity contribution in [2.75, 3.05) is 7.05 Å². The predicted molar refractivity (Wildman–Crippen MR) is 78.5 cm³/mol. The molecule has 0 saturated carbocycles. The first-order chi connectivity index (χ1) is 6.62. The van der Waals surface area contributed by atoms with Crippen LogP contribution in [0.5, 0.6) is 0 Å². The van der Waals surface area contributed by atoms with Gasteiger partial charge in [-0.25, -0.2) is 0 Å². The Balaban J connectivity index is 5.26. The Morgan fingerprint density at radius 1 is 1.20 bits per heavy atom. The van der Waals surface area contributed by atoms with Crippen LogP contribution in [-0.2, 0) is 0 Å². The number of alkyl halides is 1. The molecular weight excluding hydrogens is 299 g/mol. The third-order valence-corrected chi connectivity index (χ3v) is 2.61. The van der Waals surface area contributed by atoms with E-state index in [0.29, 0.717) is 0 Å². The van der Waals surface area contributed by atoms with Gasteiger partial charge in [0.2, 0.25) is 0 Å². The normalized spacial score (nSPS) is 15.4. The van der Waals surface area contributed by atoms with Crippen molar-refractivity contribution in [1.82, 2.24) is 0 Å². The Morgan fingerprint density at radius 2 is 1.67 bits per heavy atom. The second kappa shape index (κ2) is 5.23. The second-order valence-electron chi connectivity index (χ2n) is 5.02. The zero-order valence-electron chi connectivity index (χ0n) is 10.6. The van der Waals surface area contributed by atoms with Gasteiger partial charge in [-0.1, -0.05) is 43.4 Å². The zero-order valence-corrected chi connectivity index (χ0v) is 12.7. The Hall–Kier alpha value is -0.190. The third-order valence-electron chi connectivity index (χ3n) is 2.06. The number of hydrogen-bond acceptors (Lipinski definition) is 2. The van der Waals surface area contributed by atoms with Gasteiger partial charge in [-0.05, 0) is 26.6 Å². The van der Waals surface area contributed by atoms with E-state index >= 15 is 0 Å². The summed E-state index contributed by atoms with van der Waals surface area (Å²) >= 11 is 2.38. The molecule has 2 nitrogen and oxygen atoms in total. The van der Waals surface area contributed by atoms with Gasteiger partial charge in [0.1, 0.15) is 0 Å². The highest BCUT2D eigenvalue weighted by atomic mass is 127. The monoisotopic (exact) mass is 320 g/mol. The molecule has 0 saturated heterocycles. The van der Waals surface area contributed by atoms with Crippen LogP contribution in [0.2, 0.25) is 0 Å². The molecule has 0 aromatic rings. The highest BCUT2D eigenvalue weighted by molar-refractivity contribution is 14.1. The van der Waals surface area contributed by atoms with Gasteiger partial charge in [0.15, 0.2) is 0 Å². The van der Waals surface area contributed by atoms with Crippen LogP contribution < -0.4 is 0 Å². The molecule has 0 amide bonds. The Labute approximate surface area is 107 Å². The molecule has 0 heterocycles. The van der Waals surface area contributed by atoms with Crippen LogP contribution in [0.25, 0.3) is 0 Å². The lowest BCUT2D eigenvalue weighted by Gasteiger charge is -2.22. The summed E-state index contributed by atoms with van der Waals surface area (Å²) in [5.74, 6) is 0. The Kier molecular flexibility index (Phi) is 5.17. The topological polar surface area (TPSA) is 24.7 Å². The summed E-state index contributed by atoms with van der Waals surface area (Å²) in [5.41, 5.74) is 2.04. The van der Waals surface area contributed by atoms with Crippen molar-refractivity contribution in [2.24, 2.45) is 15.4 Å². The molecule has 0 N–H and O–H groups in total. The molecule has 0 aromatic heterocycles. The first kappa shape index (κ1) is 14.8. The number of rotatable bonds is 3. The minimum Gasteiger partial charge on any atom is -0.292 e. The van der Waals surface area contributed by atoms with Crippen molar-refractivity contribution in [1.29, 1.82) is 0 Å².